The highest BCUT2D eigenvalue weighted by Crippen LogP contribution is 2.15. The molecule has 5 heteroatoms. The Kier molecular flexibility index (Phi) is 7.16. The summed E-state index contributed by atoms with van der Waals surface area (Å²) in [5, 5.41) is 8.10. The van der Waals surface area contributed by atoms with Gasteiger partial charge in [-0.15, -0.1) is 0 Å². The fraction of sp³-hybridized carbons (Fsp3) is 0.300. The Morgan fingerprint density at radius 2 is 1.56 bits per heavy atom. The van der Waals surface area contributed by atoms with E-state index in [0.29, 0.717) is 0 Å². The van der Waals surface area contributed by atoms with Gasteiger partial charge in [-0.05, 0) is 30.9 Å². The molecule has 132 valence electrons. The Morgan fingerprint density at radius 1 is 0.960 bits per heavy atom. The van der Waals surface area contributed by atoms with Crippen LogP contribution >= 0.6 is 0 Å². The summed E-state index contributed by atoms with van der Waals surface area (Å²) >= 11 is 0. The molecule has 0 heterocycles. The van der Waals surface area contributed by atoms with Gasteiger partial charge in [-0.25, -0.2) is 4.79 Å². The van der Waals surface area contributed by atoms with Crippen LogP contribution in [0.25, 0.3) is 0 Å². The van der Waals surface area contributed by atoms with E-state index in [0.717, 1.165) is 18.4 Å². The summed E-state index contributed by atoms with van der Waals surface area (Å²) in [7, 11) is 1.48. The van der Waals surface area contributed by atoms with Crippen molar-refractivity contribution in [3.8, 4) is 0 Å². The Morgan fingerprint density at radius 3 is 2.16 bits per heavy atom. The van der Waals surface area contributed by atoms with E-state index in [1.54, 1.807) is 0 Å². The van der Waals surface area contributed by atoms with E-state index in [2.05, 4.69) is 28.1 Å². The standard InChI is InChI=1S/C20H25N3O2/c1-15(13-14-16-9-5-3-6-10-16)22-18(17-11-7-4-8-12-17)19(24)23-20(25)21-2/h3-12,15,18,22H,13-14H2,1-2H3,(H2,21,23,24,25)/t15-,18-/m0/s1. The van der Waals surface area contributed by atoms with Crippen molar-refractivity contribution in [3.63, 3.8) is 0 Å². The topological polar surface area (TPSA) is 70.2 Å². The lowest BCUT2D eigenvalue weighted by Crippen LogP contribution is -2.46. The van der Waals surface area contributed by atoms with Gasteiger partial charge in [0.25, 0.3) is 0 Å². The van der Waals surface area contributed by atoms with Gasteiger partial charge in [-0.1, -0.05) is 60.7 Å². The van der Waals surface area contributed by atoms with Crippen LogP contribution in [-0.2, 0) is 11.2 Å². The predicted molar refractivity (Wildman–Crippen MR) is 99.1 cm³/mol. The van der Waals surface area contributed by atoms with Gasteiger partial charge in [0.05, 0.1) is 0 Å². The van der Waals surface area contributed by atoms with Crippen molar-refractivity contribution in [1.29, 1.82) is 0 Å². The highest BCUT2D eigenvalue weighted by molar-refractivity contribution is 5.97. The van der Waals surface area contributed by atoms with Crippen LogP contribution in [0.4, 0.5) is 4.79 Å². The Bertz CT molecular complexity index is 674. The van der Waals surface area contributed by atoms with Crippen LogP contribution in [0.15, 0.2) is 60.7 Å². The summed E-state index contributed by atoms with van der Waals surface area (Å²) < 4.78 is 0. The van der Waals surface area contributed by atoms with Gasteiger partial charge in [-0.2, -0.15) is 0 Å². The van der Waals surface area contributed by atoms with Crippen LogP contribution in [0.1, 0.15) is 30.5 Å². The molecule has 3 amide bonds. The zero-order valence-corrected chi connectivity index (χ0v) is 14.7. The van der Waals surface area contributed by atoms with Crippen molar-refractivity contribution in [3.05, 3.63) is 71.8 Å². The van der Waals surface area contributed by atoms with Gasteiger partial charge in [0.15, 0.2) is 0 Å². The van der Waals surface area contributed by atoms with Crippen LogP contribution in [0.3, 0.4) is 0 Å². The van der Waals surface area contributed by atoms with Gasteiger partial charge in [-0.3, -0.25) is 15.4 Å². The van der Waals surface area contributed by atoms with E-state index >= 15 is 0 Å². The second-order valence-electron chi connectivity index (χ2n) is 6.00. The molecule has 3 N–H and O–H groups in total. The molecule has 0 bridgehead atoms. The van der Waals surface area contributed by atoms with E-state index in [1.165, 1.54) is 12.6 Å². The lowest BCUT2D eigenvalue weighted by Gasteiger charge is -2.23. The number of imide groups is 1. The van der Waals surface area contributed by atoms with E-state index in [1.807, 2.05) is 55.5 Å². The number of amides is 3. The first-order valence-electron chi connectivity index (χ1n) is 8.47. The summed E-state index contributed by atoms with van der Waals surface area (Å²) in [6, 6.07) is 18.7. The maximum Gasteiger partial charge on any atom is 0.321 e. The molecule has 0 aliphatic heterocycles. The normalized spacial score (nSPS) is 12.9. The number of benzene rings is 2. The number of aryl methyl sites for hydroxylation is 1. The van der Waals surface area contributed by atoms with Crippen molar-refractivity contribution in [2.24, 2.45) is 0 Å². The van der Waals surface area contributed by atoms with E-state index in [-0.39, 0.29) is 11.9 Å². The predicted octanol–water partition coefficient (Wildman–Crippen LogP) is 2.79. The van der Waals surface area contributed by atoms with Crippen LogP contribution in [0, 0.1) is 0 Å². The number of carbonyl (C=O) groups is 2. The zero-order valence-electron chi connectivity index (χ0n) is 14.7. The third-order valence-electron chi connectivity index (χ3n) is 4.02. The molecule has 0 unspecified atom stereocenters. The monoisotopic (exact) mass is 339 g/mol. The zero-order chi connectivity index (χ0) is 18.1. The minimum absolute atomic E-state index is 0.112. The maximum absolute atomic E-state index is 12.5. The third kappa shape index (κ3) is 6.04. The molecule has 0 fully saturated rings. The SMILES string of the molecule is CNC(=O)NC(=O)[C@@H](N[C@@H](C)CCc1ccccc1)c1ccccc1. The second-order valence-corrected chi connectivity index (χ2v) is 6.00. The van der Waals surface area contributed by atoms with Crippen LogP contribution < -0.4 is 16.0 Å². The minimum atomic E-state index is -0.579. The van der Waals surface area contributed by atoms with E-state index in [9.17, 15) is 9.59 Å². The highest BCUT2D eigenvalue weighted by atomic mass is 16.2. The number of nitrogens with one attached hydrogen (secondary N) is 3. The first kappa shape index (κ1) is 18.7. The number of urea groups is 1. The number of carbonyl (C=O) groups excluding carboxylic acids is 2. The fourth-order valence-corrected chi connectivity index (χ4v) is 2.61. The second kappa shape index (κ2) is 9.59. The number of rotatable bonds is 7. The summed E-state index contributed by atoms with van der Waals surface area (Å²) in [5.41, 5.74) is 2.10. The number of hydrogen-bond donors (Lipinski definition) is 3. The van der Waals surface area contributed by atoms with Gasteiger partial charge in [0.2, 0.25) is 5.91 Å². The van der Waals surface area contributed by atoms with Crippen molar-refractivity contribution in [2.45, 2.75) is 31.8 Å². The molecule has 2 atom stereocenters. The van der Waals surface area contributed by atoms with E-state index in [4.69, 9.17) is 0 Å². The lowest BCUT2D eigenvalue weighted by molar-refractivity contribution is -0.122. The average Bonchev–Trinajstić information content (AvgIpc) is 2.65. The third-order valence-corrected chi connectivity index (χ3v) is 4.02. The molecule has 25 heavy (non-hydrogen) atoms. The van der Waals surface area contributed by atoms with Crippen LogP contribution in [-0.4, -0.2) is 25.0 Å². The molecule has 2 rings (SSSR count). The average molecular weight is 339 g/mol. The molecule has 0 aromatic heterocycles. The molecule has 0 aliphatic carbocycles. The summed E-state index contributed by atoms with van der Waals surface area (Å²) in [4.78, 5) is 24.0. The lowest BCUT2D eigenvalue weighted by atomic mass is 10.0. The van der Waals surface area contributed by atoms with Crippen LogP contribution in [0.5, 0.6) is 0 Å². The summed E-state index contributed by atoms with van der Waals surface area (Å²) in [5.74, 6) is -0.364. The smallest absolute Gasteiger partial charge is 0.321 e. The molecule has 0 aliphatic rings. The largest absolute Gasteiger partial charge is 0.341 e. The number of hydrogen-bond acceptors (Lipinski definition) is 3. The molecule has 2 aromatic carbocycles. The van der Waals surface area contributed by atoms with Crippen molar-refractivity contribution in [1.82, 2.24) is 16.0 Å². The molecule has 2 aromatic rings. The molecular weight excluding hydrogens is 314 g/mol. The van der Waals surface area contributed by atoms with Crippen molar-refractivity contribution >= 4 is 11.9 Å². The first-order chi connectivity index (χ1) is 12.1. The molecule has 0 saturated carbocycles. The van der Waals surface area contributed by atoms with Crippen molar-refractivity contribution in [2.75, 3.05) is 7.05 Å². The van der Waals surface area contributed by atoms with Crippen LogP contribution in [0.2, 0.25) is 0 Å². The van der Waals surface area contributed by atoms with Gasteiger partial charge in [0.1, 0.15) is 6.04 Å². The van der Waals surface area contributed by atoms with Gasteiger partial charge in [0, 0.05) is 13.1 Å². The van der Waals surface area contributed by atoms with Crippen molar-refractivity contribution < 1.29 is 9.59 Å². The molecular formula is C20H25N3O2. The van der Waals surface area contributed by atoms with Gasteiger partial charge >= 0.3 is 6.03 Å². The Labute approximate surface area is 148 Å². The summed E-state index contributed by atoms with van der Waals surface area (Å²) in [6.07, 6.45) is 1.81. The summed E-state index contributed by atoms with van der Waals surface area (Å²) in [6.45, 7) is 2.05. The first-order valence-corrected chi connectivity index (χ1v) is 8.47. The van der Waals surface area contributed by atoms with Gasteiger partial charge < -0.3 is 5.32 Å². The molecule has 0 saturated heterocycles. The van der Waals surface area contributed by atoms with E-state index < -0.39 is 12.1 Å². The minimum Gasteiger partial charge on any atom is -0.341 e. The Balaban J connectivity index is 2.02. The Hall–Kier alpha value is -2.66. The highest BCUT2D eigenvalue weighted by Gasteiger charge is 2.23. The molecule has 5 nitrogen and oxygen atoms in total. The maximum atomic E-state index is 12.5. The molecule has 0 radical (unpaired) electrons. The quantitative estimate of drug-likeness (QED) is 0.726. The molecule has 0 spiro atoms. The fourth-order valence-electron chi connectivity index (χ4n) is 2.61.